The summed E-state index contributed by atoms with van der Waals surface area (Å²) < 4.78 is 39.5. The fraction of sp³-hybridized carbons (Fsp3) is 0.154. The number of aromatic nitrogens is 1. The van der Waals surface area contributed by atoms with E-state index in [1.807, 2.05) is 0 Å². The van der Waals surface area contributed by atoms with Gasteiger partial charge in [-0.1, -0.05) is 0 Å². The van der Waals surface area contributed by atoms with E-state index in [1.54, 1.807) is 29.9 Å². The van der Waals surface area contributed by atoms with Gasteiger partial charge in [-0.25, -0.2) is 0 Å². The second-order valence-electron chi connectivity index (χ2n) is 4.40. The molecule has 0 radical (unpaired) electrons. The van der Waals surface area contributed by atoms with Crippen LogP contribution in [0.4, 0.5) is 24.5 Å². The molecule has 1 aromatic heterocycles. The monoisotopic (exact) mass is 312 g/mol. The summed E-state index contributed by atoms with van der Waals surface area (Å²) in [5.74, 6) is 0. The summed E-state index contributed by atoms with van der Waals surface area (Å²) in [7, 11) is 1.78. The van der Waals surface area contributed by atoms with Crippen molar-refractivity contribution in [3.05, 3.63) is 57.9 Å². The van der Waals surface area contributed by atoms with Crippen LogP contribution < -0.4 is 5.43 Å². The zero-order valence-corrected chi connectivity index (χ0v) is 11.3. The molecule has 2 rings (SSSR count). The number of nitro benzene ring substituents is 1. The molecule has 0 amide bonds. The highest BCUT2D eigenvalue weighted by Crippen LogP contribution is 2.34. The topological polar surface area (TPSA) is 72.5 Å². The smallest absolute Gasteiger partial charge is 0.350 e. The fourth-order valence-electron chi connectivity index (χ4n) is 1.73. The van der Waals surface area contributed by atoms with Gasteiger partial charge in [0.2, 0.25) is 0 Å². The average molecular weight is 312 g/mol. The van der Waals surface area contributed by atoms with Crippen LogP contribution in [-0.4, -0.2) is 15.7 Å². The molecule has 0 saturated carbocycles. The zero-order chi connectivity index (χ0) is 16.3. The first kappa shape index (κ1) is 15.5. The Morgan fingerprint density at radius 1 is 1.36 bits per heavy atom. The van der Waals surface area contributed by atoms with E-state index in [1.165, 1.54) is 6.21 Å². The lowest BCUT2D eigenvalue weighted by Crippen LogP contribution is -2.06. The molecular weight excluding hydrogens is 301 g/mol. The van der Waals surface area contributed by atoms with Crippen molar-refractivity contribution >= 4 is 17.6 Å². The van der Waals surface area contributed by atoms with Crippen LogP contribution >= 0.6 is 0 Å². The van der Waals surface area contributed by atoms with Gasteiger partial charge in [0.05, 0.1) is 22.4 Å². The molecular formula is C13H11F3N4O2. The molecule has 1 heterocycles. The van der Waals surface area contributed by atoms with Gasteiger partial charge in [-0.2, -0.15) is 18.3 Å². The molecule has 0 aliphatic carbocycles. The Morgan fingerprint density at radius 2 is 2.09 bits per heavy atom. The minimum Gasteiger partial charge on any atom is -0.350 e. The fourth-order valence-corrected chi connectivity index (χ4v) is 1.73. The second-order valence-corrected chi connectivity index (χ2v) is 4.40. The van der Waals surface area contributed by atoms with Crippen LogP contribution in [0.3, 0.4) is 0 Å². The van der Waals surface area contributed by atoms with E-state index in [0.29, 0.717) is 6.07 Å². The number of rotatable bonds is 4. The first-order chi connectivity index (χ1) is 10.3. The van der Waals surface area contributed by atoms with Gasteiger partial charge < -0.3 is 4.57 Å². The average Bonchev–Trinajstić information content (AvgIpc) is 2.83. The van der Waals surface area contributed by atoms with E-state index in [4.69, 9.17) is 0 Å². The Hall–Kier alpha value is -2.84. The molecule has 2 aromatic rings. The van der Waals surface area contributed by atoms with Crippen molar-refractivity contribution in [2.24, 2.45) is 12.1 Å². The second kappa shape index (κ2) is 5.88. The summed E-state index contributed by atoms with van der Waals surface area (Å²) in [5, 5.41) is 14.7. The van der Waals surface area contributed by atoms with E-state index in [-0.39, 0.29) is 5.69 Å². The largest absolute Gasteiger partial charge is 0.416 e. The van der Waals surface area contributed by atoms with Gasteiger partial charge in [0.1, 0.15) is 5.69 Å². The molecule has 22 heavy (non-hydrogen) atoms. The zero-order valence-electron chi connectivity index (χ0n) is 11.3. The Kier molecular flexibility index (Phi) is 4.15. The molecule has 9 heteroatoms. The number of alkyl halides is 3. The Balaban J connectivity index is 2.25. The van der Waals surface area contributed by atoms with E-state index in [0.717, 1.165) is 17.8 Å². The van der Waals surface area contributed by atoms with Crippen LogP contribution in [0.15, 0.2) is 41.6 Å². The SMILES string of the molecule is Cn1cccc1/C=N/Nc1ccc(C(F)(F)F)cc1[N+](=O)[O-]. The molecule has 6 nitrogen and oxygen atoms in total. The maximum atomic E-state index is 12.6. The highest BCUT2D eigenvalue weighted by atomic mass is 19.4. The molecule has 0 unspecified atom stereocenters. The molecule has 1 aromatic carbocycles. The number of aryl methyl sites for hydroxylation is 1. The van der Waals surface area contributed by atoms with E-state index >= 15 is 0 Å². The summed E-state index contributed by atoms with van der Waals surface area (Å²) in [4.78, 5) is 10.00. The van der Waals surface area contributed by atoms with Crippen LogP contribution in [0.25, 0.3) is 0 Å². The van der Waals surface area contributed by atoms with Crippen molar-refractivity contribution in [2.45, 2.75) is 6.18 Å². The minimum absolute atomic E-state index is 0.122. The van der Waals surface area contributed by atoms with Gasteiger partial charge in [0.15, 0.2) is 0 Å². The minimum atomic E-state index is -4.64. The molecule has 0 spiro atoms. The predicted octanol–water partition coefficient (Wildman–Crippen LogP) is 3.40. The number of nitrogens with zero attached hydrogens (tertiary/aromatic N) is 3. The normalized spacial score (nSPS) is 11.8. The van der Waals surface area contributed by atoms with E-state index < -0.39 is 22.4 Å². The van der Waals surface area contributed by atoms with Crippen molar-refractivity contribution < 1.29 is 18.1 Å². The van der Waals surface area contributed by atoms with Crippen LogP contribution in [0.1, 0.15) is 11.3 Å². The Bertz CT molecular complexity index is 722. The van der Waals surface area contributed by atoms with Gasteiger partial charge in [0, 0.05) is 19.3 Å². The van der Waals surface area contributed by atoms with Gasteiger partial charge in [0.25, 0.3) is 5.69 Å². The predicted molar refractivity (Wildman–Crippen MR) is 74.7 cm³/mol. The van der Waals surface area contributed by atoms with E-state index in [2.05, 4.69) is 10.5 Å². The number of benzene rings is 1. The quantitative estimate of drug-likeness (QED) is 0.534. The maximum Gasteiger partial charge on any atom is 0.416 e. The summed E-state index contributed by atoms with van der Waals surface area (Å²) in [6.07, 6.45) is -1.46. The third-order valence-corrected chi connectivity index (χ3v) is 2.89. The van der Waals surface area contributed by atoms with Crippen molar-refractivity contribution in [3.63, 3.8) is 0 Å². The number of halogens is 3. The maximum absolute atomic E-state index is 12.6. The third kappa shape index (κ3) is 3.43. The standard InChI is InChI=1S/C13H11F3N4O2/c1-19-6-2-3-10(19)8-17-18-11-5-4-9(13(14,15)16)7-12(11)20(21)22/h2-8,18H,1H3/b17-8+. The summed E-state index contributed by atoms with van der Waals surface area (Å²) in [6.45, 7) is 0. The first-order valence-electron chi connectivity index (χ1n) is 6.05. The summed E-state index contributed by atoms with van der Waals surface area (Å²) >= 11 is 0. The lowest BCUT2D eigenvalue weighted by atomic mass is 10.1. The van der Waals surface area contributed by atoms with Crippen molar-refractivity contribution in [3.8, 4) is 0 Å². The van der Waals surface area contributed by atoms with Crippen LogP contribution in [0, 0.1) is 10.1 Å². The van der Waals surface area contributed by atoms with Crippen molar-refractivity contribution in [1.82, 2.24) is 4.57 Å². The van der Waals surface area contributed by atoms with Gasteiger partial charge >= 0.3 is 6.18 Å². The number of nitro groups is 1. The van der Waals surface area contributed by atoms with Crippen molar-refractivity contribution in [1.29, 1.82) is 0 Å². The highest BCUT2D eigenvalue weighted by Gasteiger charge is 2.33. The molecule has 0 aliphatic heterocycles. The summed E-state index contributed by atoms with van der Waals surface area (Å²) in [5.41, 5.74) is 1.21. The molecule has 0 saturated heterocycles. The Labute approximate surface area is 123 Å². The van der Waals surface area contributed by atoms with Gasteiger partial charge in [-0.15, -0.1) is 0 Å². The molecule has 0 aliphatic rings. The lowest BCUT2D eigenvalue weighted by Gasteiger charge is -2.08. The molecule has 0 fully saturated rings. The number of hydrazone groups is 1. The summed E-state index contributed by atoms with van der Waals surface area (Å²) in [6, 6.07) is 5.74. The van der Waals surface area contributed by atoms with Crippen molar-refractivity contribution in [2.75, 3.05) is 5.43 Å². The van der Waals surface area contributed by atoms with Gasteiger partial charge in [-0.3, -0.25) is 15.5 Å². The number of nitrogens with one attached hydrogen (secondary N) is 1. The molecule has 116 valence electrons. The number of hydrogen-bond donors (Lipinski definition) is 1. The van der Waals surface area contributed by atoms with E-state index in [9.17, 15) is 23.3 Å². The third-order valence-electron chi connectivity index (χ3n) is 2.89. The molecule has 0 atom stereocenters. The number of hydrogen-bond acceptors (Lipinski definition) is 4. The lowest BCUT2D eigenvalue weighted by molar-refractivity contribution is -0.384. The van der Waals surface area contributed by atoms with Gasteiger partial charge in [-0.05, 0) is 24.3 Å². The number of anilines is 1. The van der Waals surface area contributed by atoms with Crippen LogP contribution in [-0.2, 0) is 13.2 Å². The highest BCUT2D eigenvalue weighted by molar-refractivity contribution is 5.78. The molecule has 1 N–H and O–H groups in total. The first-order valence-corrected chi connectivity index (χ1v) is 6.05. The Morgan fingerprint density at radius 3 is 2.64 bits per heavy atom. The molecule has 0 bridgehead atoms. The van der Waals surface area contributed by atoms with Crippen LogP contribution in [0.5, 0.6) is 0 Å². The van der Waals surface area contributed by atoms with Crippen LogP contribution in [0.2, 0.25) is 0 Å².